The largest absolute Gasteiger partial charge is 0.340 e. The van der Waals surface area contributed by atoms with Crippen molar-refractivity contribution in [2.24, 2.45) is 0 Å². The summed E-state index contributed by atoms with van der Waals surface area (Å²) in [7, 11) is 1.84. The Morgan fingerprint density at radius 1 is 0.971 bits per heavy atom. The van der Waals surface area contributed by atoms with Gasteiger partial charge in [-0.3, -0.25) is 14.3 Å². The number of pyridine rings is 1. The van der Waals surface area contributed by atoms with Gasteiger partial charge in [0, 0.05) is 31.5 Å². The Labute approximate surface area is 205 Å². The van der Waals surface area contributed by atoms with Crippen LogP contribution in [0, 0.1) is 0 Å². The van der Waals surface area contributed by atoms with E-state index in [9.17, 15) is 4.79 Å². The van der Waals surface area contributed by atoms with Crippen molar-refractivity contribution in [3.63, 3.8) is 0 Å². The van der Waals surface area contributed by atoms with Crippen LogP contribution < -0.4 is 0 Å². The van der Waals surface area contributed by atoms with Gasteiger partial charge in [-0.1, -0.05) is 74.1 Å². The molecule has 1 atom stereocenters. The van der Waals surface area contributed by atoms with E-state index in [2.05, 4.69) is 45.7 Å². The van der Waals surface area contributed by atoms with E-state index < -0.39 is 0 Å². The van der Waals surface area contributed by atoms with Gasteiger partial charge in [0.25, 0.3) is 0 Å². The molecule has 7 heteroatoms. The topological polar surface area (TPSA) is 63.9 Å². The molecule has 0 radical (unpaired) electrons. The molecule has 6 nitrogen and oxygen atoms in total. The van der Waals surface area contributed by atoms with E-state index >= 15 is 0 Å². The van der Waals surface area contributed by atoms with Crippen LogP contribution in [0.15, 0.2) is 84.3 Å². The zero-order valence-corrected chi connectivity index (χ0v) is 20.7. The highest BCUT2D eigenvalue weighted by Crippen LogP contribution is 2.33. The van der Waals surface area contributed by atoms with E-state index in [0.717, 1.165) is 16.8 Å². The summed E-state index contributed by atoms with van der Waals surface area (Å²) in [6.07, 6.45) is 3.53. The third-order valence-corrected chi connectivity index (χ3v) is 6.65. The molecular weight excluding hydrogens is 442 g/mol. The molecule has 2 heterocycles. The van der Waals surface area contributed by atoms with E-state index in [4.69, 9.17) is 0 Å². The third-order valence-electron chi connectivity index (χ3n) is 5.62. The normalized spacial score (nSPS) is 12.0. The molecule has 2 aromatic carbocycles. The van der Waals surface area contributed by atoms with Gasteiger partial charge in [0.2, 0.25) is 5.91 Å². The maximum atomic E-state index is 13.2. The molecule has 174 valence electrons. The van der Waals surface area contributed by atoms with E-state index in [1.165, 1.54) is 17.3 Å². The van der Waals surface area contributed by atoms with Crippen LogP contribution in [-0.4, -0.2) is 42.9 Å². The van der Waals surface area contributed by atoms with Gasteiger partial charge in [-0.15, -0.1) is 10.2 Å². The van der Waals surface area contributed by atoms with Gasteiger partial charge in [-0.05, 0) is 42.2 Å². The van der Waals surface area contributed by atoms with Crippen molar-refractivity contribution >= 4 is 17.7 Å². The molecule has 0 aliphatic rings. The van der Waals surface area contributed by atoms with Crippen LogP contribution in [0.1, 0.15) is 37.8 Å². The number of carbonyl (C=O) groups is 1. The first kappa shape index (κ1) is 23.7. The Bertz CT molecular complexity index is 1240. The van der Waals surface area contributed by atoms with E-state index in [0.29, 0.717) is 23.4 Å². The number of aromatic nitrogens is 4. The zero-order valence-electron chi connectivity index (χ0n) is 19.9. The first-order chi connectivity index (χ1) is 16.5. The molecule has 0 bridgehead atoms. The maximum absolute atomic E-state index is 13.2. The van der Waals surface area contributed by atoms with Crippen molar-refractivity contribution in [1.29, 1.82) is 0 Å². The quantitative estimate of drug-likeness (QED) is 0.313. The van der Waals surface area contributed by atoms with Gasteiger partial charge in [-0.2, -0.15) is 0 Å². The molecule has 0 aliphatic heterocycles. The molecular formula is C27H29N5OS. The fourth-order valence-electron chi connectivity index (χ4n) is 3.88. The molecule has 0 fully saturated rings. The van der Waals surface area contributed by atoms with Gasteiger partial charge in [0.1, 0.15) is 0 Å². The first-order valence-electron chi connectivity index (χ1n) is 11.4. The smallest absolute Gasteiger partial charge is 0.235 e. The lowest BCUT2D eigenvalue weighted by Gasteiger charge is -2.22. The van der Waals surface area contributed by atoms with Gasteiger partial charge < -0.3 is 4.90 Å². The van der Waals surface area contributed by atoms with E-state index in [-0.39, 0.29) is 11.2 Å². The maximum Gasteiger partial charge on any atom is 0.235 e. The minimum atomic E-state index is -0.329. The zero-order chi connectivity index (χ0) is 24.1. The van der Waals surface area contributed by atoms with Crippen LogP contribution in [0.2, 0.25) is 0 Å². The van der Waals surface area contributed by atoms with Gasteiger partial charge in [-0.25, -0.2) is 0 Å². The van der Waals surface area contributed by atoms with Crippen molar-refractivity contribution in [2.75, 3.05) is 7.05 Å². The predicted molar refractivity (Wildman–Crippen MR) is 137 cm³/mol. The summed E-state index contributed by atoms with van der Waals surface area (Å²) >= 11 is 1.43. The van der Waals surface area contributed by atoms with Crippen molar-refractivity contribution in [3.8, 4) is 17.1 Å². The lowest BCUT2D eigenvalue weighted by Crippen LogP contribution is -2.33. The Hall–Kier alpha value is -3.45. The van der Waals surface area contributed by atoms with Crippen molar-refractivity contribution in [1.82, 2.24) is 24.6 Å². The third kappa shape index (κ3) is 5.20. The number of rotatable bonds is 8. The molecule has 1 amide bonds. The van der Waals surface area contributed by atoms with E-state index in [1.54, 1.807) is 17.3 Å². The average Bonchev–Trinajstić information content (AvgIpc) is 3.27. The minimum absolute atomic E-state index is 0.0449. The lowest BCUT2D eigenvalue weighted by molar-refractivity contribution is -0.129. The van der Waals surface area contributed by atoms with Crippen LogP contribution >= 0.6 is 11.8 Å². The van der Waals surface area contributed by atoms with Gasteiger partial charge in [0.15, 0.2) is 11.0 Å². The highest BCUT2D eigenvalue weighted by atomic mass is 32.2. The molecule has 2 aromatic heterocycles. The fourth-order valence-corrected chi connectivity index (χ4v) is 4.85. The number of hydrogen-bond acceptors (Lipinski definition) is 5. The summed E-state index contributed by atoms with van der Waals surface area (Å²) in [4.78, 5) is 19.2. The Morgan fingerprint density at radius 2 is 1.71 bits per heavy atom. The minimum Gasteiger partial charge on any atom is -0.340 e. The highest BCUT2D eigenvalue weighted by molar-refractivity contribution is 8.00. The van der Waals surface area contributed by atoms with Crippen LogP contribution in [0.5, 0.6) is 0 Å². The Kier molecular flexibility index (Phi) is 7.43. The highest BCUT2D eigenvalue weighted by Gasteiger charge is 2.25. The van der Waals surface area contributed by atoms with Gasteiger partial charge in [0.05, 0.1) is 10.9 Å². The summed E-state index contributed by atoms with van der Waals surface area (Å²) in [5.74, 6) is 1.07. The summed E-state index contributed by atoms with van der Waals surface area (Å²) in [5, 5.41) is 9.38. The molecule has 4 aromatic rings. The second kappa shape index (κ2) is 10.7. The fraction of sp³-hybridized carbons (Fsp3) is 0.259. The van der Waals surface area contributed by atoms with Gasteiger partial charge >= 0.3 is 0 Å². The summed E-state index contributed by atoms with van der Waals surface area (Å²) in [5.41, 5.74) is 4.18. The molecule has 0 N–H and O–H groups in total. The summed E-state index contributed by atoms with van der Waals surface area (Å²) < 4.78 is 2.05. The summed E-state index contributed by atoms with van der Waals surface area (Å²) in [6.45, 7) is 6.83. The Morgan fingerprint density at radius 3 is 2.41 bits per heavy atom. The summed E-state index contributed by atoms with van der Waals surface area (Å²) in [6, 6.07) is 22.1. The number of nitrogens with zero attached hydrogens (tertiary/aromatic N) is 5. The number of benzene rings is 2. The number of amides is 1. The van der Waals surface area contributed by atoms with Crippen LogP contribution in [-0.2, 0) is 11.3 Å². The predicted octanol–water partition coefficient (Wildman–Crippen LogP) is 5.59. The van der Waals surface area contributed by atoms with Crippen molar-refractivity contribution in [2.45, 2.75) is 43.6 Å². The van der Waals surface area contributed by atoms with Crippen molar-refractivity contribution in [3.05, 3.63) is 90.3 Å². The van der Waals surface area contributed by atoms with E-state index in [1.807, 2.05) is 68.6 Å². The van der Waals surface area contributed by atoms with Crippen molar-refractivity contribution < 1.29 is 4.79 Å². The van der Waals surface area contributed by atoms with Crippen LogP contribution in [0.3, 0.4) is 0 Å². The number of hydrogen-bond donors (Lipinski definition) is 0. The monoisotopic (exact) mass is 471 g/mol. The molecule has 4 rings (SSSR count). The number of thioether (sulfide) groups is 1. The molecule has 0 saturated carbocycles. The number of carbonyl (C=O) groups excluding carboxylic acids is 1. The molecule has 1 unspecified atom stereocenters. The average molecular weight is 472 g/mol. The molecule has 0 aliphatic carbocycles. The second-order valence-electron chi connectivity index (χ2n) is 8.54. The molecule has 0 saturated heterocycles. The SMILES string of the molecule is CC(Sc1nnc(-c2cccnc2)n1-c1ccccc1C(C)C)C(=O)N(C)Cc1ccccc1. The first-order valence-corrected chi connectivity index (χ1v) is 12.2. The lowest BCUT2D eigenvalue weighted by atomic mass is 10.0. The molecule has 34 heavy (non-hydrogen) atoms. The standard InChI is InChI=1S/C27H29N5OS/c1-19(2)23-14-8-9-15-24(23)32-25(22-13-10-16-28-17-22)29-30-27(32)34-20(3)26(33)31(4)18-21-11-6-5-7-12-21/h5-17,19-20H,18H2,1-4H3. The van der Waals surface area contributed by atoms with Crippen LogP contribution in [0.4, 0.5) is 0 Å². The molecule has 0 spiro atoms. The second-order valence-corrected chi connectivity index (χ2v) is 9.84. The number of para-hydroxylation sites is 1. The Balaban J connectivity index is 1.67. The van der Waals surface area contributed by atoms with Crippen LogP contribution in [0.25, 0.3) is 17.1 Å².